The van der Waals surface area contributed by atoms with Crippen molar-refractivity contribution in [2.24, 2.45) is 0 Å². The van der Waals surface area contributed by atoms with Crippen molar-refractivity contribution >= 4 is 22.8 Å². The number of anilines is 2. The van der Waals surface area contributed by atoms with Crippen LogP contribution >= 0.6 is 0 Å². The van der Waals surface area contributed by atoms with Crippen molar-refractivity contribution in [1.82, 2.24) is 20.2 Å². The number of aromatic nitrogens is 4. The first kappa shape index (κ1) is 10.7. The van der Waals surface area contributed by atoms with E-state index in [1.165, 1.54) is 0 Å². The summed E-state index contributed by atoms with van der Waals surface area (Å²) in [6.07, 6.45) is 3.97. The molecule has 0 atom stereocenters. The minimum Gasteiger partial charge on any atom is -0.368 e. The van der Waals surface area contributed by atoms with Gasteiger partial charge in [0.2, 0.25) is 5.95 Å². The van der Waals surface area contributed by atoms with Gasteiger partial charge in [0.05, 0.1) is 6.20 Å². The molecule has 6 nitrogen and oxygen atoms in total. The maximum atomic E-state index is 4.36. The number of hydrogen-bond acceptors (Lipinski definition) is 5. The fourth-order valence-electron chi connectivity index (χ4n) is 1.46. The molecule has 6 heteroatoms. The second kappa shape index (κ2) is 4.78. The molecule has 0 saturated carbocycles. The Morgan fingerprint density at radius 3 is 3.00 bits per heavy atom. The van der Waals surface area contributed by atoms with Gasteiger partial charge < -0.3 is 10.6 Å². The topological polar surface area (TPSA) is 78.5 Å². The van der Waals surface area contributed by atoms with Gasteiger partial charge in [-0.2, -0.15) is 10.1 Å². The zero-order valence-electron chi connectivity index (χ0n) is 9.54. The molecule has 0 aromatic carbocycles. The molecule has 0 bridgehead atoms. The highest BCUT2D eigenvalue weighted by atomic mass is 15.2. The van der Waals surface area contributed by atoms with Gasteiger partial charge in [-0.3, -0.25) is 5.10 Å². The molecule has 0 aliphatic carbocycles. The molecule has 3 N–H and O–H groups in total. The summed E-state index contributed by atoms with van der Waals surface area (Å²) < 4.78 is 0. The number of rotatable bonds is 5. The third kappa shape index (κ3) is 2.05. The molecule has 16 heavy (non-hydrogen) atoms. The summed E-state index contributed by atoms with van der Waals surface area (Å²) in [7, 11) is 1.80. The molecule has 0 aliphatic heterocycles. The highest BCUT2D eigenvalue weighted by Gasteiger charge is 2.07. The van der Waals surface area contributed by atoms with Gasteiger partial charge in [0.15, 0.2) is 5.82 Å². The molecule has 0 spiro atoms. The predicted octanol–water partition coefficient (Wildman–Crippen LogP) is 1.61. The van der Waals surface area contributed by atoms with Crippen LogP contribution in [0.5, 0.6) is 0 Å². The predicted molar refractivity (Wildman–Crippen MR) is 64.6 cm³/mol. The van der Waals surface area contributed by atoms with Crippen LogP contribution in [0.3, 0.4) is 0 Å². The van der Waals surface area contributed by atoms with E-state index < -0.39 is 0 Å². The van der Waals surface area contributed by atoms with E-state index in [2.05, 4.69) is 37.7 Å². The molecule has 0 saturated heterocycles. The first-order valence-electron chi connectivity index (χ1n) is 5.48. The number of H-pyrrole nitrogens is 1. The van der Waals surface area contributed by atoms with E-state index in [-0.39, 0.29) is 0 Å². The lowest BCUT2D eigenvalue weighted by Crippen LogP contribution is -2.06. The minimum atomic E-state index is 0.605. The fraction of sp³-hybridized carbons (Fsp3) is 0.500. The molecule has 0 unspecified atom stereocenters. The monoisotopic (exact) mass is 220 g/mol. The van der Waals surface area contributed by atoms with Crippen LogP contribution in [0.15, 0.2) is 6.20 Å². The molecular weight excluding hydrogens is 204 g/mol. The molecule has 86 valence electrons. The van der Waals surface area contributed by atoms with Gasteiger partial charge in [0, 0.05) is 13.6 Å². The summed E-state index contributed by atoms with van der Waals surface area (Å²) in [6, 6.07) is 0. The summed E-state index contributed by atoms with van der Waals surface area (Å²) in [6.45, 7) is 3.07. The van der Waals surface area contributed by atoms with Crippen molar-refractivity contribution in [3.05, 3.63) is 6.20 Å². The Bertz CT molecular complexity index is 463. The fourth-order valence-corrected chi connectivity index (χ4v) is 1.46. The van der Waals surface area contributed by atoms with Gasteiger partial charge in [0.1, 0.15) is 11.0 Å². The van der Waals surface area contributed by atoms with Crippen LogP contribution in [-0.4, -0.2) is 33.8 Å². The van der Waals surface area contributed by atoms with Gasteiger partial charge in [-0.25, -0.2) is 4.98 Å². The molecule has 2 aromatic heterocycles. The van der Waals surface area contributed by atoms with Crippen LogP contribution in [0.25, 0.3) is 11.0 Å². The maximum absolute atomic E-state index is 4.36. The molecule has 2 rings (SSSR count). The lowest BCUT2D eigenvalue weighted by atomic mass is 10.3. The smallest absolute Gasteiger partial charge is 0.225 e. The van der Waals surface area contributed by atoms with Gasteiger partial charge >= 0.3 is 0 Å². The van der Waals surface area contributed by atoms with Gasteiger partial charge in [-0.1, -0.05) is 13.3 Å². The van der Waals surface area contributed by atoms with Gasteiger partial charge in [-0.05, 0) is 6.42 Å². The third-order valence-electron chi connectivity index (χ3n) is 2.35. The number of unbranched alkanes of at least 4 members (excludes halogenated alkanes) is 1. The van der Waals surface area contributed by atoms with Crippen LogP contribution in [-0.2, 0) is 0 Å². The summed E-state index contributed by atoms with van der Waals surface area (Å²) in [5.74, 6) is 1.41. The Morgan fingerprint density at radius 2 is 2.25 bits per heavy atom. The van der Waals surface area contributed by atoms with Crippen LogP contribution < -0.4 is 10.6 Å². The first-order valence-corrected chi connectivity index (χ1v) is 5.48. The Hall–Kier alpha value is -1.85. The molecule has 0 radical (unpaired) electrons. The van der Waals surface area contributed by atoms with E-state index in [1.54, 1.807) is 13.2 Å². The standard InChI is InChI=1S/C10H16N6/c1-3-4-5-12-9-8-7(6-13-16-8)14-10(11-2)15-9/h6H,3-5H2,1-2H3,(H,13,16)(H2,11,12,14,15). The first-order chi connectivity index (χ1) is 7.85. The van der Waals surface area contributed by atoms with Crippen molar-refractivity contribution in [2.75, 3.05) is 24.2 Å². The minimum absolute atomic E-state index is 0.605. The number of aromatic amines is 1. The lowest BCUT2D eigenvalue weighted by molar-refractivity contribution is 0.831. The third-order valence-corrected chi connectivity index (χ3v) is 2.35. The summed E-state index contributed by atoms with van der Waals surface area (Å²) in [4.78, 5) is 8.65. The Labute approximate surface area is 93.9 Å². The number of nitrogens with zero attached hydrogens (tertiary/aromatic N) is 3. The maximum Gasteiger partial charge on any atom is 0.225 e. The van der Waals surface area contributed by atoms with Crippen molar-refractivity contribution in [3.8, 4) is 0 Å². The second-order valence-corrected chi connectivity index (χ2v) is 3.56. The molecular formula is C10H16N6. The number of hydrogen-bond donors (Lipinski definition) is 3. The molecule has 2 aromatic rings. The summed E-state index contributed by atoms with van der Waals surface area (Å²) in [5, 5.41) is 13.1. The van der Waals surface area contributed by atoms with E-state index in [1.807, 2.05) is 0 Å². The van der Waals surface area contributed by atoms with Crippen molar-refractivity contribution in [1.29, 1.82) is 0 Å². The van der Waals surface area contributed by atoms with Crippen LogP contribution in [0.4, 0.5) is 11.8 Å². The quantitative estimate of drug-likeness (QED) is 0.667. The average Bonchev–Trinajstić information content (AvgIpc) is 2.77. The van der Waals surface area contributed by atoms with Crippen LogP contribution in [0, 0.1) is 0 Å². The summed E-state index contributed by atoms with van der Waals surface area (Å²) in [5.41, 5.74) is 1.67. The van der Waals surface area contributed by atoms with E-state index in [0.717, 1.165) is 36.2 Å². The average molecular weight is 220 g/mol. The summed E-state index contributed by atoms with van der Waals surface area (Å²) >= 11 is 0. The van der Waals surface area contributed by atoms with E-state index >= 15 is 0 Å². The van der Waals surface area contributed by atoms with E-state index in [4.69, 9.17) is 0 Å². The highest BCUT2D eigenvalue weighted by molar-refractivity contribution is 5.85. The van der Waals surface area contributed by atoms with Crippen LogP contribution in [0.2, 0.25) is 0 Å². The van der Waals surface area contributed by atoms with Crippen molar-refractivity contribution in [3.63, 3.8) is 0 Å². The second-order valence-electron chi connectivity index (χ2n) is 3.56. The van der Waals surface area contributed by atoms with E-state index in [0.29, 0.717) is 5.95 Å². The number of nitrogens with one attached hydrogen (secondary N) is 3. The Morgan fingerprint density at radius 1 is 1.38 bits per heavy atom. The molecule has 0 amide bonds. The van der Waals surface area contributed by atoms with Gasteiger partial charge in [-0.15, -0.1) is 0 Å². The zero-order chi connectivity index (χ0) is 11.4. The van der Waals surface area contributed by atoms with Gasteiger partial charge in [0.25, 0.3) is 0 Å². The van der Waals surface area contributed by atoms with Crippen molar-refractivity contribution in [2.45, 2.75) is 19.8 Å². The van der Waals surface area contributed by atoms with Crippen LogP contribution in [0.1, 0.15) is 19.8 Å². The Kier molecular flexibility index (Phi) is 3.19. The lowest BCUT2D eigenvalue weighted by Gasteiger charge is -2.07. The zero-order valence-corrected chi connectivity index (χ0v) is 9.54. The largest absolute Gasteiger partial charge is 0.368 e. The van der Waals surface area contributed by atoms with Crippen molar-refractivity contribution < 1.29 is 0 Å². The Balaban J connectivity index is 2.29. The normalized spacial score (nSPS) is 10.6. The highest BCUT2D eigenvalue weighted by Crippen LogP contribution is 2.18. The molecule has 0 fully saturated rings. The molecule has 2 heterocycles. The molecule has 0 aliphatic rings. The SMILES string of the molecule is CCCCNc1nc(NC)nc2cn[nH]c12. The van der Waals surface area contributed by atoms with E-state index in [9.17, 15) is 0 Å². The number of fused-ring (bicyclic) bond motifs is 1.